The van der Waals surface area contributed by atoms with Crippen molar-refractivity contribution in [1.29, 1.82) is 0 Å². The number of hydrogen-bond acceptors (Lipinski definition) is 4. The lowest BCUT2D eigenvalue weighted by Gasteiger charge is -2.22. The monoisotopic (exact) mass is 284 g/mol. The van der Waals surface area contributed by atoms with Crippen LogP contribution in [-0.4, -0.2) is 29.6 Å². The second-order valence-corrected chi connectivity index (χ2v) is 5.03. The van der Waals surface area contributed by atoms with Gasteiger partial charge in [-0.05, 0) is 48.7 Å². The summed E-state index contributed by atoms with van der Waals surface area (Å²) in [4.78, 5) is 6.13. The van der Waals surface area contributed by atoms with Gasteiger partial charge in [-0.3, -0.25) is 4.98 Å². The Morgan fingerprint density at radius 2 is 2.00 bits per heavy atom. The predicted molar refractivity (Wildman–Crippen MR) is 84.9 cm³/mol. The van der Waals surface area contributed by atoms with Crippen LogP contribution in [0, 0.1) is 6.92 Å². The van der Waals surface area contributed by atoms with Crippen LogP contribution in [0.3, 0.4) is 0 Å². The number of amidine groups is 1. The zero-order valence-electron chi connectivity index (χ0n) is 12.3. The number of rotatable bonds is 5. The molecule has 1 aromatic heterocycles. The summed E-state index contributed by atoms with van der Waals surface area (Å²) < 4.78 is 0. The largest absolute Gasteiger partial charge is 0.409 e. The van der Waals surface area contributed by atoms with E-state index in [0.717, 1.165) is 29.8 Å². The smallest absolute Gasteiger partial charge is 0.172 e. The lowest BCUT2D eigenvalue weighted by atomic mass is 10.1. The first-order valence-electron chi connectivity index (χ1n) is 6.80. The highest BCUT2D eigenvalue weighted by Gasteiger charge is 2.11. The molecule has 5 heteroatoms. The van der Waals surface area contributed by atoms with Gasteiger partial charge < -0.3 is 15.8 Å². The number of aryl methyl sites for hydroxylation is 1. The van der Waals surface area contributed by atoms with Crippen LogP contribution in [0.15, 0.2) is 47.9 Å². The Balaban J connectivity index is 2.18. The van der Waals surface area contributed by atoms with Crippen molar-refractivity contribution in [3.8, 4) is 0 Å². The molecule has 0 amide bonds. The molecule has 0 aliphatic rings. The van der Waals surface area contributed by atoms with Gasteiger partial charge in [0.2, 0.25) is 0 Å². The van der Waals surface area contributed by atoms with E-state index in [1.807, 2.05) is 44.3 Å². The summed E-state index contributed by atoms with van der Waals surface area (Å²) >= 11 is 0. The Bertz CT molecular complexity index is 625. The van der Waals surface area contributed by atoms with Crippen LogP contribution in [0.4, 0.5) is 5.69 Å². The van der Waals surface area contributed by atoms with E-state index in [4.69, 9.17) is 10.9 Å². The molecule has 110 valence electrons. The van der Waals surface area contributed by atoms with Gasteiger partial charge in [0, 0.05) is 37.2 Å². The summed E-state index contributed by atoms with van der Waals surface area (Å²) in [7, 11) is 2.00. The van der Waals surface area contributed by atoms with Crippen LogP contribution in [0.1, 0.15) is 16.7 Å². The van der Waals surface area contributed by atoms with Crippen LogP contribution < -0.4 is 10.6 Å². The van der Waals surface area contributed by atoms with E-state index in [1.54, 1.807) is 12.4 Å². The lowest BCUT2D eigenvalue weighted by molar-refractivity contribution is 0.318. The maximum Gasteiger partial charge on any atom is 0.172 e. The van der Waals surface area contributed by atoms with Gasteiger partial charge in [0.15, 0.2) is 5.84 Å². The van der Waals surface area contributed by atoms with E-state index < -0.39 is 0 Å². The Kier molecular flexibility index (Phi) is 4.77. The van der Waals surface area contributed by atoms with Crippen molar-refractivity contribution in [2.45, 2.75) is 13.3 Å². The molecule has 0 radical (unpaired) electrons. The first kappa shape index (κ1) is 14.8. The molecule has 0 fully saturated rings. The number of aromatic nitrogens is 1. The normalized spacial score (nSPS) is 11.4. The second kappa shape index (κ2) is 6.74. The van der Waals surface area contributed by atoms with Crippen molar-refractivity contribution in [2.75, 3.05) is 18.5 Å². The molecule has 0 bridgehead atoms. The van der Waals surface area contributed by atoms with Gasteiger partial charge >= 0.3 is 0 Å². The molecule has 0 unspecified atom stereocenters. The van der Waals surface area contributed by atoms with Crippen molar-refractivity contribution in [3.05, 3.63) is 59.4 Å². The number of anilines is 1. The maximum absolute atomic E-state index is 8.91. The first-order chi connectivity index (χ1) is 10.1. The van der Waals surface area contributed by atoms with Crippen LogP contribution in [-0.2, 0) is 6.42 Å². The fourth-order valence-corrected chi connectivity index (χ4v) is 2.19. The van der Waals surface area contributed by atoms with Crippen LogP contribution in [0.5, 0.6) is 0 Å². The molecule has 21 heavy (non-hydrogen) atoms. The number of nitrogens with two attached hydrogens (primary N) is 1. The van der Waals surface area contributed by atoms with E-state index in [2.05, 4.69) is 15.0 Å². The van der Waals surface area contributed by atoms with Crippen molar-refractivity contribution < 1.29 is 5.21 Å². The third kappa shape index (κ3) is 3.72. The van der Waals surface area contributed by atoms with E-state index >= 15 is 0 Å². The fourth-order valence-electron chi connectivity index (χ4n) is 2.19. The molecule has 0 aliphatic heterocycles. The minimum absolute atomic E-state index is 0.126. The van der Waals surface area contributed by atoms with E-state index in [9.17, 15) is 0 Å². The molecule has 0 saturated heterocycles. The third-order valence-electron chi connectivity index (χ3n) is 3.43. The minimum atomic E-state index is 0.126. The summed E-state index contributed by atoms with van der Waals surface area (Å²) in [5.74, 6) is 0.126. The fraction of sp³-hybridized carbons (Fsp3) is 0.250. The maximum atomic E-state index is 8.91. The van der Waals surface area contributed by atoms with Gasteiger partial charge in [-0.25, -0.2) is 0 Å². The Hall–Kier alpha value is -2.56. The SMILES string of the molecule is Cc1ccc(C(N)=NO)c(N(C)CCc2ccncc2)c1. The minimum Gasteiger partial charge on any atom is -0.409 e. The van der Waals surface area contributed by atoms with Gasteiger partial charge in [-0.15, -0.1) is 0 Å². The molecule has 2 aromatic rings. The molecule has 0 atom stereocenters. The Morgan fingerprint density at radius 1 is 1.29 bits per heavy atom. The highest BCUT2D eigenvalue weighted by Crippen LogP contribution is 2.21. The summed E-state index contributed by atoms with van der Waals surface area (Å²) in [5, 5.41) is 12.0. The van der Waals surface area contributed by atoms with E-state index in [1.165, 1.54) is 5.56 Å². The topological polar surface area (TPSA) is 74.7 Å². The standard InChI is InChI=1S/C16H20N4O/c1-12-3-4-14(16(17)19-21)15(11-12)20(2)10-7-13-5-8-18-9-6-13/h3-6,8-9,11,21H,7,10H2,1-2H3,(H2,17,19). The Morgan fingerprint density at radius 3 is 2.67 bits per heavy atom. The molecule has 3 N–H and O–H groups in total. The van der Waals surface area contributed by atoms with Crippen LogP contribution >= 0.6 is 0 Å². The summed E-state index contributed by atoms with van der Waals surface area (Å²) in [6, 6.07) is 9.89. The van der Waals surface area contributed by atoms with E-state index in [0.29, 0.717) is 0 Å². The summed E-state index contributed by atoms with van der Waals surface area (Å²) in [6.07, 6.45) is 4.50. The predicted octanol–water partition coefficient (Wildman–Crippen LogP) is 2.16. The highest BCUT2D eigenvalue weighted by atomic mass is 16.4. The average Bonchev–Trinajstić information content (AvgIpc) is 2.52. The molecule has 1 heterocycles. The first-order valence-corrected chi connectivity index (χ1v) is 6.80. The third-order valence-corrected chi connectivity index (χ3v) is 3.43. The van der Waals surface area contributed by atoms with Crippen LogP contribution in [0.25, 0.3) is 0 Å². The van der Waals surface area contributed by atoms with E-state index in [-0.39, 0.29) is 5.84 Å². The molecule has 5 nitrogen and oxygen atoms in total. The molecular formula is C16H20N4O. The molecule has 2 rings (SSSR count). The molecular weight excluding hydrogens is 264 g/mol. The van der Waals surface area contributed by atoms with Gasteiger partial charge in [-0.2, -0.15) is 0 Å². The van der Waals surface area contributed by atoms with Gasteiger partial charge in [-0.1, -0.05) is 11.2 Å². The van der Waals surface area contributed by atoms with Gasteiger partial charge in [0.25, 0.3) is 0 Å². The van der Waals surface area contributed by atoms with Gasteiger partial charge in [0.1, 0.15) is 0 Å². The van der Waals surface area contributed by atoms with Gasteiger partial charge in [0.05, 0.1) is 0 Å². The highest BCUT2D eigenvalue weighted by molar-refractivity contribution is 6.02. The zero-order chi connectivity index (χ0) is 15.2. The average molecular weight is 284 g/mol. The number of benzene rings is 1. The number of oxime groups is 1. The quantitative estimate of drug-likeness (QED) is 0.382. The van der Waals surface area contributed by atoms with Crippen molar-refractivity contribution in [1.82, 2.24) is 4.98 Å². The number of likely N-dealkylation sites (N-methyl/N-ethyl adjacent to an activating group) is 1. The lowest BCUT2D eigenvalue weighted by Crippen LogP contribution is -2.25. The number of nitrogens with zero attached hydrogens (tertiary/aromatic N) is 3. The Labute approximate surface area is 124 Å². The molecule has 0 saturated carbocycles. The summed E-state index contributed by atoms with van der Waals surface area (Å²) in [6.45, 7) is 2.86. The van der Waals surface area contributed by atoms with Crippen molar-refractivity contribution in [3.63, 3.8) is 0 Å². The van der Waals surface area contributed by atoms with Crippen LogP contribution in [0.2, 0.25) is 0 Å². The second-order valence-electron chi connectivity index (χ2n) is 5.03. The number of hydrogen-bond donors (Lipinski definition) is 2. The number of pyridine rings is 1. The molecule has 0 spiro atoms. The summed E-state index contributed by atoms with van der Waals surface area (Å²) in [5.41, 5.74) is 9.82. The van der Waals surface area contributed by atoms with Crippen molar-refractivity contribution in [2.24, 2.45) is 10.9 Å². The zero-order valence-corrected chi connectivity index (χ0v) is 12.3. The van der Waals surface area contributed by atoms with Crippen molar-refractivity contribution >= 4 is 11.5 Å². The molecule has 1 aromatic carbocycles. The molecule has 0 aliphatic carbocycles.